The lowest BCUT2D eigenvalue weighted by atomic mass is 9.92. The zero-order chi connectivity index (χ0) is 13.5. The standard InChI is InChI=1S/C16H25NO.ClH/c1-6-8-16(13(2)12-17(3)4)14-9-7-10-15(11-14)18-5;/h7-11,13H,6,12H2,1-5H3;1H/b16-8+;. The fourth-order valence-electron chi connectivity index (χ4n) is 2.27. The van der Waals surface area contributed by atoms with Gasteiger partial charge < -0.3 is 9.64 Å². The molecule has 1 atom stereocenters. The molecule has 0 fully saturated rings. The Morgan fingerprint density at radius 3 is 2.58 bits per heavy atom. The molecule has 0 aliphatic heterocycles. The third-order valence-corrected chi connectivity index (χ3v) is 3.00. The van der Waals surface area contributed by atoms with Crippen LogP contribution in [0.4, 0.5) is 0 Å². The molecule has 0 radical (unpaired) electrons. The lowest BCUT2D eigenvalue weighted by Gasteiger charge is -2.21. The fourth-order valence-corrected chi connectivity index (χ4v) is 2.27. The van der Waals surface area contributed by atoms with Crippen LogP contribution in [0.3, 0.4) is 0 Å². The summed E-state index contributed by atoms with van der Waals surface area (Å²) in [6.45, 7) is 5.52. The Bertz CT molecular complexity index is 401. The van der Waals surface area contributed by atoms with E-state index in [4.69, 9.17) is 4.74 Å². The smallest absolute Gasteiger partial charge is 0.119 e. The second-order valence-electron chi connectivity index (χ2n) is 4.96. The number of hydrogen-bond acceptors (Lipinski definition) is 2. The first-order chi connectivity index (χ1) is 8.58. The van der Waals surface area contributed by atoms with E-state index in [1.807, 2.05) is 6.07 Å². The largest absolute Gasteiger partial charge is 0.497 e. The number of halogens is 1. The number of benzene rings is 1. The van der Waals surface area contributed by atoms with Gasteiger partial charge in [-0.25, -0.2) is 0 Å². The molecular formula is C16H26ClNO. The van der Waals surface area contributed by atoms with Crippen LogP contribution in [0.1, 0.15) is 25.8 Å². The zero-order valence-electron chi connectivity index (χ0n) is 12.6. The highest BCUT2D eigenvalue weighted by molar-refractivity contribution is 5.85. The highest BCUT2D eigenvalue weighted by Crippen LogP contribution is 2.27. The molecule has 1 aromatic carbocycles. The van der Waals surface area contributed by atoms with E-state index in [9.17, 15) is 0 Å². The lowest BCUT2D eigenvalue weighted by molar-refractivity contribution is 0.375. The van der Waals surface area contributed by atoms with Crippen molar-refractivity contribution < 1.29 is 4.74 Å². The molecule has 0 aliphatic rings. The average Bonchev–Trinajstić information content (AvgIpc) is 2.35. The number of hydrogen-bond donors (Lipinski definition) is 0. The third-order valence-electron chi connectivity index (χ3n) is 3.00. The summed E-state index contributed by atoms with van der Waals surface area (Å²) >= 11 is 0. The first kappa shape index (κ1) is 18.0. The summed E-state index contributed by atoms with van der Waals surface area (Å²) in [7, 11) is 5.95. The van der Waals surface area contributed by atoms with E-state index in [0.717, 1.165) is 18.7 Å². The fraction of sp³-hybridized carbons (Fsp3) is 0.500. The van der Waals surface area contributed by atoms with Crippen LogP contribution in [-0.2, 0) is 0 Å². The third kappa shape index (κ3) is 5.66. The number of ether oxygens (including phenoxy) is 1. The van der Waals surface area contributed by atoms with Crippen LogP contribution in [-0.4, -0.2) is 32.6 Å². The van der Waals surface area contributed by atoms with Crippen molar-refractivity contribution in [1.29, 1.82) is 0 Å². The maximum atomic E-state index is 5.31. The summed E-state index contributed by atoms with van der Waals surface area (Å²) in [5, 5.41) is 0. The Morgan fingerprint density at radius 2 is 2.05 bits per heavy atom. The maximum absolute atomic E-state index is 5.31. The monoisotopic (exact) mass is 283 g/mol. The molecule has 0 amide bonds. The number of rotatable bonds is 6. The van der Waals surface area contributed by atoms with Crippen molar-refractivity contribution in [2.24, 2.45) is 5.92 Å². The molecule has 0 bridgehead atoms. The molecule has 0 spiro atoms. The van der Waals surface area contributed by atoms with Crippen molar-refractivity contribution in [2.75, 3.05) is 27.7 Å². The summed E-state index contributed by atoms with van der Waals surface area (Å²) < 4.78 is 5.31. The van der Waals surface area contributed by atoms with E-state index in [1.54, 1.807) is 7.11 Å². The van der Waals surface area contributed by atoms with Crippen molar-refractivity contribution in [3.8, 4) is 5.75 Å². The molecule has 108 valence electrons. The SMILES string of the molecule is CC/C=C(/c1cccc(OC)c1)C(C)CN(C)C.Cl. The minimum Gasteiger partial charge on any atom is -0.497 e. The summed E-state index contributed by atoms with van der Waals surface area (Å²) in [6.07, 6.45) is 3.38. The molecule has 1 rings (SSSR count). The summed E-state index contributed by atoms with van der Waals surface area (Å²) in [6, 6.07) is 8.33. The molecular weight excluding hydrogens is 258 g/mol. The molecule has 3 heteroatoms. The van der Waals surface area contributed by atoms with Crippen LogP contribution in [0.2, 0.25) is 0 Å². The van der Waals surface area contributed by atoms with E-state index in [0.29, 0.717) is 5.92 Å². The van der Waals surface area contributed by atoms with Gasteiger partial charge >= 0.3 is 0 Å². The van der Waals surface area contributed by atoms with Crippen LogP contribution in [0.15, 0.2) is 30.3 Å². The van der Waals surface area contributed by atoms with Gasteiger partial charge in [0.1, 0.15) is 5.75 Å². The Balaban J connectivity index is 0.00000324. The number of allylic oxidation sites excluding steroid dienone is 1. The van der Waals surface area contributed by atoms with E-state index in [1.165, 1.54) is 11.1 Å². The molecule has 0 N–H and O–H groups in total. The van der Waals surface area contributed by atoms with Gasteiger partial charge in [-0.3, -0.25) is 0 Å². The van der Waals surface area contributed by atoms with E-state index < -0.39 is 0 Å². The molecule has 0 saturated carbocycles. The van der Waals surface area contributed by atoms with E-state index in [-0.39, 0.29) is 12.4 Å². The van der Waals surface area contributed by atoms with Crippen molar-refractivity contribution >= 4 is 18.0 Å². The van der Waals surface area contributed by atoms with Crippen LogP contribution in [0, 0.1) is 5.92 Å². The Morgan fingerprint density at radius 1 is 1.37 bits per heavy atom. The van der Waals surface area contributed by atoms with Gasteiger partial charge in [0.25, 0.3) is 0 Å². The average molecular weight is 284 g/mol. The molecule has 0 saturated heterocycles. The molecule has 1 unspecified atom stereocenters. The van der Waals surface area contributed by atoms with Crippen molar-refractivity contribution in [2.45, 2.75) is 20.3 Å². The van der Waals surface area contributed by atoms with Crippen LogP contribution in [0.25, 0.3) is 5.57 Å². The van der Waals surface area contributed by atoms with Gasteiger partial charge in [0, 0.05) is 6.54 Å². The van der Waals surface area contributed by atoms with Gasteiger partial charge in [0.2, 0.25) is 0 Å². The molecule has 0 aromatic heterocycles. The Kier molecular flexibility index (Phi) is 8.53. The van der Waals surface area contributed by atoms with Crippen LogP contribution in [0.5, 0.6) is 5.75 Å². The van der Waals surface area contributed by atoms with Gasteiger partial charge in [-0.05, 0) is 49.7 Å². The molecule has 19 heavy (non-hydrogen) atoms. The normalized spacial score (nSPS) is 13.1. The molecule has 0 heterocycles. The first-order valence-electron chi connectivity index (χ1n) is 6.57. The highest BCUT2D eigenvalue weighted by Gasteiger charge is 2.12. The highest BCUT2D eigenvalue weighted by atomic mass is 35.5. The van der Waals surface area contributed by atoms with Gasteiger partial charge in [0.15, 0.2) is 0 Å². The van der Waals surface area contributed by atoms with Crippen LogP contribution < -0.4 is 4.74 Å². The molecule has 2 nitrogen and oxygen atoms in total. The van der Waals surface area contributed by atoms with E-state index >= 15 is 0 Å². The minimum absolute atomic E-state index is 0. The lowest BCUT2D eigenvalue weighted by Crippen LogP contribution is -2.20. The van der Waals surface area contributed by atoms with E-state index in [2.05, 4.69) is 57.1 Å². The van der Waals surface area contributed by atoms with Crippen molar-refractivity contribution in [3.63, 3.8) is 0 Å². The second-order valence-corrected chi connectivity index (χ2v) is 4.96. The van der Waals surface area contributed by atoms with Crippen molar-refractivity contribution in [1.82, 2.24) is 4.90 Å². The topological polar surface area (TPSA) is 12.5 Å². The van der Waals surface area contributed by atoms with Crippen LogP contribution >= 0.6 is 12.4 Å². The van der Waals surface area contributed by atoms with Crippen molar-refractivity contribution in [3.05, 3.63) is 35.9 Å². The maximum Gasteiger partial charge on any atom is 0.119 e. The van der Waals surface area contributed by atoms with Gasteiger partial charge in [-0.1, -0.05) is 32.1 Å². The minimum atomic E-state index is 0. The molecule has 0 aliphatic carbocycles. The number of nitrogens with zero attached hydrogens (tertiary/aromatic N) is 1. The van der Waals surface area contributed by atoms with Gasteiger partial charge in [-0.2, -0.15) is 0 Å². The molecule has 1 aromatic rings. The predicted octanol–water partition coefficient (Wildman–Crippen LogP) is 4.11. The van der Waals surface area contributed by atoms with Gasteiger partial charge in [0.05, 0.1) is 7.11 Å². The zero-order valence-corrected chi connectivity index (χ0v) is 13.5. The number of methoxy groups -OCH3 is 1. The summed E-state index contributed by atoms with van der Waals surface area (Å²) in [5.41, 5.74) is 2.68. The summed E-state index contributed by atoms with van der Waals surface area (Å²) in [5.74, 6) is 1.44. The first-order valence-corrected chi connectivity index (χ1v) is 6.57. The second kappa shape index (κ2) is 9.00. The predicted molar refractivity (Wildman–Crippen MR) is 86.2 cm³/mol. The summed E-state index contributed by atoms with van der Waals surface area (Å²) in [4.78, 5) is 2.23. The Labute approximate surface area is 123 Å². The van der Waals surface area contributed by atoms with Gasteiger partial charge in [-0.15, -0.1) is 12.4 Å². The Hall–Kier alpha value is -0.990. The quantitative estimate of drug-likeness (QED) is 0.779.